The van der Waals surface area contributed by atoms with Crippen LogP contribution in [-0.4, -0.2) is 23.0 Å². The van der Waals surface area contributed by atoms with Gasteiger partial charge in [0.05, 0.1) is 41.3 Å². The molecule has 0 saturated heterocycles. The van der Waals surface area contributed by atoms with Crippen LogP contribution in [0.25, 0.3) is 22.2 Å². The number of oxazole rings is 1. The Labute approximate surface area is 170 Å². The van der Waals surface area contributed by atoms with Gasteiger partial charge >= 0.3 is 5.97 Å². The quantitative estimate of drug-likeness (QED) is 0.430. The van der Waals surface area contributed by atoms with E-state index >= 15 is 0 Å². The van der Waals surface area contributed by atoms with E-state index in [0.29, 0.717) is 38.3 Å². The minimum atomic E-state index is -0.511. The fraction of sp³-hybridized carbons (Fsp3) is 0.0500. The number of fused-ring (bicyclic) bond motifs is 1. The lowest BCUT2D eigenvalue weighted by molar-refractivity contribution is 0.0602. The van der Waals surface area contributed by atoms with E-state index in [4.69, 9.17) is 32.4 Å². The van der Waals surface area contributed by atoms with Crippen LogP contribution in [0.15, 0.2) is 59.6 Å². The molecule has 0 fully saturated rings. The molecule has 0 atom stereocenters. The summed E-state index contributed by atoms with van der Waals surface area (Å²) >= 11 is 12.3. The van der Waals surface area contributed by atoms with Crippen LogP contribution in [0.4, 0.5) is 11.4 Å². The minimum Gasteiger partial charge on any atom is -0.465 e. The van der Waals surface area contributed by atoms with E-state index in [2.05, 4.69) is 15.3 Å². The summed E-state index contributed by atoms with van der Waals surface area (Å²) in [5.74, 6) is 0.00747. The number of nitrogens with zero attached hydrogens (tertiary/aromatic N) is 2. The van der Waals surface area contributed by atoms with Crippen LogP contribution >= 0.6 is 23.2 Å². The first-order chi connectivity index (χ1) is 13.6. The number of methoxy groups -OCH3 is 1. The third-order valence-electron chi connectivity index (χ3n) is 4.17. The van der Waals surface area contributed by atoms with Crippen molar-refractivity contribution in [3.05, 3.63) is 70.8 Å². The third-order valence-corrected chi connectivity index (χ3v) is 4.64. The normalized spacial score (nSPS) is 10.8. The molecule has 8 heteroatoms. The fourth-order valence-electron chi connectivity index (χ4n) is 2.87. The van der Waals surface area contributed by atoms with Gasteiger partial charge in [0.2, 0.25) is 0 Å². The third kappa shape index (κ3) is 3.40. The second-order valence-electron chi connectivity index (χ2n) is 5.88. The highest BCUT2D eigenvalue weighted by Crippen LogP contribution is 2.37. The highest BCUT2D eigenvalue weighted by Gasteiger charge is 2.18. The molecule has 0 spiro atoms. The molecule has 0 radical (unpaired) electrons. The number of nitrogens with one attached hydrogen (secondary N) is 1. The Morgan fingerprint density at radius 3 is 2.64 bits per heavy atom. The molecule has 6 nitrogen and oxygen atoms in total. The molecule has 2 aromatic carbocycles. The maximum atomic E-state index is 12.2. The van der Waals surface area contributed by atoms with E-state index in [1.54, 1.807) is 42.7 Å². The number of benzene rings is 2. The number of halogens is 2. The molecule has 2 heterocycles. The smallest absolute Gasteiger partial charge is 0.340 e. The predicted molar refractivity (Wildman–Crippen MR) is 108 cm³/mol. The predicted octanol–water partition coefficient (Wildman–Crippen LogP) is 5.73. The number of rotatable bonds is 4. The lowest BCUT2D eigenvalue weighted by Crippen LogP contribution is -2.06. The van der Waals surface area contributed by atoms with Crippen LogP contribution in [-0.2, 0) is 4.74 Å². The van der Waals surface area contributed by atoms with Crippen LogP contribution in [0.5, 0.6) is 0 Å². The van der Waals surface area contributed by atoms with Gasteiger partial charge in [0.15, 0.2) is 12.2 Å². The Hall–Kier alpha value is -3.09. The van der Waals surface area contributed by atoms with Crippen molar-refractivity contribution in [1.82, 2.24) is 9.97 Å². The van der Waals surface area contributed by atoms with E-state index in [1.807, 2.05) is 6.07 Å². The van der Waals surface area contributed by atoms with Crippen molar-refractivity contribution >= 4 is 51.4 Å². The van der Waals surface area contributed by atoms with E-state index in [0.717, 1.165) is 10.9 Å². The summed E-state index contributed by atoms with van der Waals surface area (Å²) in [7, 11) is 1.31. The van der Waals surface area contributed by atoms with E-state index in [-0.39, 0.29) is 0 Å². The number of esters is 1. The van der Waals surface area contributed by atoms with Gasteiger partial charge in [-0.2, -0.15) is 0 Å². The van der Waals surface area contributed by atoms with Crippen LogP contribution in [0.2, 0.25) is 10.0 Å². The topological polar surface area (TPSA) is 77.2 Å². The molecule has 0 bridgehead atoms. The van der Waals surface area contributed by atoms with Crippen LogP contribution in [0.3, 0.4) is 0 Å². The molecule has 0 aliphatic heterocycles. The first kappa shape index (κ1) is 18.3. The average Bonchev–Trinajstić information content (AvgIpc) is 3.23. The summed E-state index contributed by atoms with van der Waals surface area (Å²) < 4.78 is 10.3. The van der Waals surface area contributed by atoms with Gasteiger partial charge in [-0.05, 0) is 36.4 Å². The Morgan fingerprint density at radius 1 is 1.11 bits per heavy atom. The minimum absolute atomic E-state index is 0.297. The number of aromatic nitrogens is 2. The summed E-state index contributed by atoms with van der Waals surface area (Å²) in [6.07, 6.45) is 4.60. The lowest BCUT2D eigenvalue weighted by Gasteiger charge is -2.16. The van der Waals surface area contributed by atoms with Crippen molar-refractivity contribution < 1.29 is 13.9 Å². The molecule has 0 aliphatic carbocycles. The van der Waals surface area contributed by atoms with Crippen LogP contribution in [0.1, 0.15) is 10.4 Å². The van der Waals surface area contributed by atoms with Gasteiger partial charge in [-0.15, -0.1) is 0 Å². The number of hydrogen-bond acceptors (Lipinski definition) is 6. The van der Waals surface area contributed by atoms with Gasteiger partial charge < -0.3 is 14.5 Å². The maximum Gasteiger partial charge on any atom is 0.340 e. The molecule has 2 aromatic heterocycles. The first-order valence-corrected chi connectivity index (χ1v) is 8.94. The first-order valence-electron chi connectivity index (χ1n) is 8.19. The molecule has 28 heavy (non-hydrogen) atoms. The largest absolute Gasteiger partial charge is 0.465 e. The zero-order valence-corrected chi connectivity index (χ0v) is 16.1. The molecule has 4 rings (SSSR count). The molecule has 140 valence electrons. The zero-order valence-electron chi connectivity index (χ0n) is 14.6. The molecule has 1 N–H and O–H groups in total. The van der Waals surface area contributed by atoms with Gasteiger partial charge in [-0.3, -0.25) is 4.98 Å². The van der Waals surface area contributed by atoms with Crippen molar-refractivity contribution in [3.63, 3.8) is 0 Å². The standard InChI is InChI=1S/C20H13Cl2N3O3/c1-27-20(26)14-7-12(22)3-5-17(14)25-19-13-6-11(21)2-4-16(13)24-8-15(19)18-9-23-10-28-18/h2-10H,1H3,(H,24,25). The van der Waals surface area contributed by atoms with Crippen LogP contribution < -0.4 is 5.32 Å². The summed E-state index contributed by atoms with van der Waals surface area (Å²) in [4.78, 5) is 20.7. The van der Waals surface area contributed by atoms with Crippen molar-refractivity contribution in [2.75, 3.05) is 12.4 Å². The zero-order chi connectivity index (χ0) is 19.7. The Bertz CT molecular complexity index is 1180. The second-order valence-corrected chi connectivity index (χ2v) is 6.75. The summed E-state index contributed by atoms with van der Waals surface area (Å²) in [5.41, 5.74) is 2.87. The second kappa shape index (κ2) is 7.50. The number of anilines is 2. The van der Waals surface area contributed by atoms with Gasteiger partial charge in [-0.25, -0.2) is 9.78 Å². The summed E-state index contributed by atoms with van der Waals surface area (Å²) in [5, 5.41) is 5.03. The lowest BCUT2D eigenvalue weighted by atomic mass is 10.1. The Balaban J connectivity index is 1.94. The van der Waals surface area contributed by atoms with E-state index in [9.17, 15) is 4.79 Å². The highest BCUT2D eigenvalue weighted by molar-refractivity contribution is 6.32. The average molecular weight is 414 g/mol. The van der Waals surface area contributed by atoms with E-state index < -0.39 is 5.97 Å². The van der Waals surface area contributed by atoms with Gasteiger partial charge in [0.25, 0.3) is 0 Å². The van der Waals surface area contributed by atoms with Crippen molar-refractivity contribution in [2.24, 2.45) is 0 Å². The molecular weight excluding hydrogens is 401 g/mol. The van der Waals surface area contributed by atoms with Gasteiger partial charge in [-0.1, -0.05) is 23.2 Å². The molecular formula is C20H13Cl2N3O3. The number of ether oxygens (including phenoxy) is 1. The van der Waals surface area contributed by atoms with Crippen LogP contribution in [0, 0.1) is 0 Å². The summed E-state index contributed by atoms with van der Waals surface area (Å²) in [6.45, 7) is 0. The van der Waals surface area contributed by atoms with E-state index in [1.165, 1.54) is 13.5 Å². The number of carbonyl (C=O) groups is 1. The Kier molecular flexibility index (Phi) is 4.90. The molecule has 0 saturated carbocycles. The van der Waals surface area contributed by atoms with Crippen molar-refractivity contribution in [1.29, 1.82) is 0 Å². The number of hydrogen-bond donors (Lipinski definition) is 1. The maximum absolute atomic E-state index is 12.2. The molecule has 0 unspecified atom stereocenters. The number of pyridine rings is 1. The molecule has 0 aliphatic rings. The fourth-order valence-corrected chi connectivity index (χ4v) is 3.22. The summed E-state index contributed by atoms with van der Waals surface area (Å²) in [6, 6.07) is 10.3. The van der Waals surface area contributed by atoms with Crippen molar-refractivity contribution in [3.8, 4) is 11.3 Å². The van der Waals surface area contributed by atoms with Gasteiger partial charge in [0.1, 0.15) is 0 Å². The Morgan fingerprint density at radius 2 is 1.89 bits per heavy atom. The monoisotopic (exact) mass is 413 g/mol. The highest BCUT2D eigenvalue weighted by atomic mass is 35.5. The van der Waals surface area contributed by atoms with Gasteiger partial charge in [0, 0.05) is 21.6 Å². The SMILES string of the molecule is COC(=O)c1cc(Cl)ccc1Nc1c(-c2cnco2)cnc2ccc(Cl)cc12. The number of carbonyl (C=O) groups excluding carboxylic acids is 1. The van der Waals surface area contributed by atoms with Crippen molar-refractivity contribution in [2.45, 2.75) is 0 Å². The molecule has 4 aromatic rings. The molecule has 0 amide bonds.